The third-order valence-corrected chi connectivity index (χ3v) is 5.63. The van der Waals surface area contributed by atoms with E-state index in [1.165, 1.54) is 36.1 Å². The number of rotatable bonds is 9. The van der Waals surface area contributed by atoms with E-state index in [4.69, 9.17) is 14.2 Å². The molecule has 1 atom stereocenters. The first kappa shape index (κ1) is 24.8. The van der Waals surface area contributed by atoms with Crippen LogP contribution in [-0.2, 0) is 25.5 Å². The SMILES string of the molecule is CCOC(=O)c1ccc(N2C(=O)CC(N(CCc3ccc(OC)c(OC)c3)C(C)=O)C2=O)cc1. The predicted molar refractivity (Wildman–Crippen MR) is 124 cm³/mol. The molecule has 3 rings (SSSR count). The monoisotopic (exact) mass is 468 g/mol. The molecule has 0 aliphatic carbocycles. The summed E-state index contributed by atoms with van der Waals surface area (Å²) in [4.78, 5) is 52.6. The molecule has 1 aliphatic rings. The molecule has 2 aromatic carbocycles. The van der Waals surface area contributed by atoms with Crippen molar-refractivity contribution >= 4 is 29.4 Å². The Morgan fingerprint density at radius 3 is 2.29 bits per heavy atom. The molecule has 1 aliphatic heterocycles. The van der Waals surface area contributed by atoms with Crippen LogP contribution in [-0.4, -0.2) is 62.0 Å². The fraction of sp³-hybridized carbons (Fsp3) is 0.360. The molecule has 1 saturated heterocycles. The van der Waals surface area contributed by atoms with Crippen molar-refractivity contribution in [1.82, 2.24) is 4.90 Å². The second kappa shape index (κ2) is 10.8. The highest BCUT2D eigenvalue weighted by atomic mass is 16.5. The third-order valence-electron chi connectivity index (χ3n) is 5.63. The minimum absolute atomic E-state index is 0.107. The van der Waals surface area contributed by atoms with Crippen LogP contribution in [0.2, 0.25) is 0 Å². The Bertz CT molecular complexity index is 1080. The number of nitrogens with zero attached hydrogens (tertiary/aromatic N) is 2. The van der Waals surface area contributed by atoms with Crippen molar-refractivity contribution in [3.8, 4) is 11.5 Å². The Morgan fingerprint density at radius 2 is 1.71 bits per heavy atom. The molecule has 9 heteroatoms. The lowest BCUT2D eigenvalue weighted by Gasteiger charge is -2.26. The average Bonchev–Trinajstić information content (AvgIpc) is 3.12. The Morgan fingerprint density at radius 1 is 1.03 bits per heavy atom. The van der Waals surface area contributed by atoms with Crippen LogP contribution < -0.4 is 14.4 Å². The van der Waals surface area contributed by atoms with Crippen LogP contribution in [0.1, 0.15) is 36.2 Å². The summed E-state index contributed by atoms with van der Waals surface area (Å²) >= 11 is 0. The minimum Gasteiger partial charge on any atom is -0.493 e. The van der Waals surface area contributed by atoms with Crippen LogP contribution in [0.3, 0.4) is 0 Å². The van der Waals surface area contributed by atoms with Crippen LogP contribution in [0.4, 0.5) is 5.69 Å². The zero-order chi connectivity index (χ0) is 24.8. The predicted octanol–water partition coefficient (Wildman–Crippen LogP) is 2.60. The molecule has 180 valence electrons. The van der Waals surface area contributed by atoms with Crippen molar-refractivity contribution in [3.05, 3.63) is 53.6 Å². The van der Waals surface area contributed by atoms with E-state index in [0.717, 1.165) is 10.5 Å². The summed E-state index contributed by atoms with van der Waals surface area (Å²) in [6, 6.07) is 10.6. The normalized spacial score (nSPS) is 15.3. The van der Waals surface area contributed by atoms with E-state index in [0.29, 0.717) is 29.2 Å². The maximum Gasteiger partial charge on any atom is 0.338 e. The first-order chi connectivity index (χ1) is 16.3. The highest BCUT2D eigenvalue weighted by molar-refractivity contribution is 6.23. The van der Waals surface area contributed by atoms with Crippen molar-refractivity contribution in [2.45, 2.75) is 32.7 Å². The summed E-state index contributed by atoms with van der Waals surface area (Å²) in [5.74, 6) is -0.502. The summed E-state index contributed by atoms with van der Waals surface area (Å²) in [5.41, 5.74) is 1.56. The molecule has 0 radical (unpaired) electrons. The number of amides is 3. The Kier molecular flexibility index (Phi) is 7.88. The number of ether oxygens (including phenoxy) is 3. The van der Waals surface area contributed by atoms with Crippen LogP contribution in [0, 0.1) is 0 Å². The van der Waals surface area contributed by atoms with Gasteiger partial charge in [-0.25, -0.2) is 9.69 Å². The standard InChI is InChI=1S/C25H28N2O7/c1-5-34-25(31)18-7-9-19(10-8-18)27-23(29)15-20(24(27)30)26(16(2)28)13-12-17-6-11-21(32-3)22(14-17)33-4/h6-11,14,20H,5,12-13,15H2,1-4H3. The van der Waals surface area contributed by atoms with E-state index in [1.54, 1.807) is 27.2 Å². The van der Waals surface area contributed by atoms with Crippen LogP contribution in [0.5, 0.6) is 11.5 Å². The molecule has 0 saturated carbocycles. The Hall–Kier alpha value is -3.88. The minimum atomic E-state index is -0.894. The number of benzene rings is 2. The van der Waals surface area contributed by atoms with Gasteiger partial charge in [-0.2, -0.15) is 0 Å². The van der Waals surface area contributed by atoms with Gasteiger partial charge in [-0.15, -0.1) is 0 Å². The van der Waals surface area contributed by atoms with E-state index >= 15 is 0 Å². The van der Waals surface area contributed by atoms with Gasteiger partial charge in [-0.05, 0) is 55.3 Å². The van der Waals surface area contributed by atoms with Gasteiger partial charge in [0.1, 0.15) is 6.04 Å². The van der Waals surface area contributed by atoms with Gasteiger partial charge in [0.2, 0.25) is 11.8 Å². The van der Waals surface area contributed by atoms with E-state index in [2.05, 4.69) is 0 Å². The van der Waals surface area contributed by atoms with E-state index in [1.807, 2.05) is 12.1 Å². The van der Waals surface area contributed by atoms with Gasteiger partial charge >= 0.3 is 5.97 Å². The number of carbonyl (C=O) groups excluding carboxylic acids is 4. The molecule has 0 spiro atoms. The fourth-order valence-electron chi connectivity index (χ4n) is 3.91. The molecule has 9 nitrogen and oxygen atoms in total. The lowest BCUT2D eigenvalue weighted by atomic mass is 10.1. The summed E-state index contributed by atoms with van der Waals surface area (Å²) in [6.07, 6.45) is 0.357. The zero-order valence-electron chi connectivity index (χ0n) is 19.7. The summed E-state index contributed by atoms with van der Waals surface area (Å²) in [7, 11) is 3.09. The quantitative estimate of drug-likeness (QED) is 0.412. The number of hydrogen-bond donors (Lipinski definition) is 0. The van der Waals surface area contributed by atoms with E-state index in [-0.39, 0.29) is 25.5 Å². The molecular formula is C25H28N2O7. The van der Waals surface area contributed by atoms with E-state index in [9.17, 15) is 19.2 Å². The highest BCUT2D eigenvalue weighted by Crippen LogP contribution is 2.29. The molecule has 0 aromatic heterocycles. The average molecular weight is 469 g/mol. The van der Waals surface area contributed by atoms with Crippen LogP contribution >= 0.6 is 0 Å². The number of carbonyl (C=O) groups is 4. The molecule has 1 fully saturated rings. The number of methoxy groups -OCH3 is 2. The number of anilines is 1. The molecule has 0 N–H and O–H groups in total. The van der Waals surface area contributed by atoms with Gasteiger partial charge in [0, 0.05) is 13.5 Å². The van der Waals surface area contributed by atoms with Crippen molar-refractivity contribution in [1.29, 1.82) is 0 Å². The molecule has 2 aromatic rings. The summed E-state index contributed by atoms with van der Waals surface area (Å²) in [5, 5.41) is 0. The zero-order valence-corrected chi connectivity index (χ0v) is 19.7. The molecule has 1 heterocycles. The Balaban J connectivity index is 1.75. The van der Waals surface area contributed by atoms with Crippen molar-refractivity contribution < 1.29 is 33.4 Å². The lowest BCUT2D eigenvalue weighted by molar-refractivity contribution is -0.136. The van der Waals surface area contributed by atoms with Crippen molar-refractivity contribution in [2.24, 2.45) is 0 Å². The van der Waals surface area contributed by atoms with Crippen LogP contribution in [0.15, 0.2) is 42.5 Å². The molecule has 34 heavy (non-hydrogen) atoms. The van der Waals surface area contributed by atoms with E-state index < -0.39 is 23.8 Å². The fourth-order valence-corrected chi connectivity index (χ4v) is 3.91. The highest BCUT2D eigenvalue weighted by Gasteiger charge is 2.43. The van der Waals surface area contributed by atoms with Crippen molar-refractivity contribution in [2.75, 3.05) is 32.3 Å². The number of imide groups is 1. The van der Waals surface area contributed by atoms with Crippen molar-refractivity contribution in [3.63, 3.8) is 0 Å². The molecule has 1 unspecified atom stereocenters. The molecular weight excluding hydrogens is 440 g/mol. The second-order valence-corrected chi connectivity index (χ2v) is 7.71. The third kappa shape index (κ3) is 5.19. The first-order valence-corrected chi connectivity index (χ1v) is 10.9. The summed E-state index contributed by atoms with van der Waals surface area (Å²) in [6.45, 7) is 3.59. The maximum absolute atomic E-state index is 13.2. The largest absolute Gasteiger partial charge is 0.493 e. The van der Waals surface area contributed by atoms with Crippen LogP contribution in [0.25, 0.3) is 0 Å². The van der Waals surface area contributed by atoms with Gasteiger partial charge in [-0.3, -0.25) is 14.4 Å². The molecule has 3 amide bonds. The number of hydrogen-bond acceptors (Lipinski definition) is 7. The first-order valence-electron chi connectivity index (χ1n) is 10.9. The van der Waals surface area contributed by atoms with Gasteiger partial charge in [0.15, 0.2) is 11.5 Å². The maximum atomic E-state index is 13.2. The number of esters is 1. The van der Waals surface area contributed by atoms with Gasteiger partial charge < -0.3 is 19.1 Å². The smallest absolute Gasteiger partial charge is 0.338 e. The topological polar surface area (TPSA) is 102 Å². The lowest BCUT2D eigenvalue weighted by Crippen LogP contribution is -2.45. The van der Waals surface area contributed by atoms with Gasteiger partial charge in [0.05, 0.1) is 38.5 Å². The molecule has 0 bridgehead atoms. The Labute approximate surface area is 198 Å². The summed E-state index contributed by atoms with van der Waals surface area (Å²) < 4.78 is 15.5. The van der Waals surface area contributed by atoms with Gasteiger partial charge in [-0.1, -0.05) is 6.07 Å². The van der Waals surface area contributed by atoms with Gasteiger partial charge in [0.25, 0.3) is 5.91 Å². The second-order valence-electron chi connectivity index (χ2n) is 7.71.